The first-order valence-corrected chi connectivity index (χ1v) is 14.4. The number of pyridine rings is 1. The lowest BCUT2D eigenvalue weighted by molar-refractivity contribution is 0.550. The molecule has 0 radical (unpaired) electrons. The Kier molecular flexibility index (Phi) is 4.78. The van der Waals surface area contributed by atoms with Gasteiger partial charge in [0.25, 0.3) is 0 Å². The van der Waals surface area contributed by atoms with Gasteiger partial charge in [0.15, 0.2) is 0 Å². The molecule has 0 amide bonds. The standard InChI is InChI=1S/C37H27NS/c1-36(2)26-14-4-5-15-27(26)37(28-16-6-9-20-33(28)39-34-21-10-7-17-29(34)37)30-18-11-13-25(35(30)36)32-23-22-24-12-3-8-19-31(24)38-32/h3-23H,1-2H3. The van der Waals surface area contributed by atoms with Crippen molar-refractivity contribution in [3.63, 3.8) is 0 Å². The molecule has 8 rings (SSSR count). The third-order valence-corrected chi connectivity index (χ3v) is 9.93. The fraction of sp³-hybridized carbons (Fsp3) is 0.108. The SMILES string of the molecule is CC1(C)c2ccccc2C2(c3ccccc3Sc3ccccc32)c2cccc(-c3ccc4ccccc4n3)c21. The maximum Gasteiger partial charge on any atom is 0.0729 e. The number of aromatic nitrogens is 1. The zero-order valence-corrected chi connectivity index (χ0v) is 22.8. The molecule has 0 N–H and O–H groups in total. The fourth-order valence-electron chi connectivity index (χ4n) is 7.18. The van der Waals surface area contributed by atoms with E-state index in [1.807, 2.05) is 11.8 Å². The van der Waals surface area contributed by atoms with Crippen LogP contribution in [0.2, 0.25) is 0 Å². The molecule has 1 spiro atoms. The zero-order chi connectivity index (χ0) is 26.2. The second-order valence-corrected chi connectivity index (χ2v) is 12.2. The number of para-hydroxylation sites is 1. The third-order valence-electron chi connectivity index (χ3n) is 8.77. The van der Waals surface area contributed by atoms with E-state index >= 15 is 0 Å². The van der Waals surface area contributed by atoms with Crippen molar-refractivity contribution in [3.8, 4) is 11.3 Å². The summed E-state index contributed by atoms with van der Waals surface area (Å²) in [5.41, 5.74) is 10.9. The van der Waals surface area contributed by atoms with Gasteiger partial charge in [0.1, 0.15) is 0 Å². The molecular formula is C37H27NS. The van der Waals surface area contributed by atoms with E-state index in [2.05, 4.69) is 141 Å². The molecule has 0 unspecified atom stereocenters. The van der Waals surface area contributed by atoms with Crippen LogP contribution in [0.1, 0.15) is 47.2 Å². The largest absolute Gasteiger partial charge is 0.248 e. The van der Waals surface area contributed by atoms with Crippen molar-refractivity contribution in [1.29, 1.82) is 0 Å². The number of fused-ring (bicyclic) bond motifs is 9. The van der Waals surface area contributed by atoms with E-state index in [1.165, 1.54) is 54.1 Å². The predicted octanol–water partition coefficient (Wildman–Crippen LogP) is 9.39. The van der Waals surface area contributed by atoms with E-state index in [1.54, 1.807) is 0 Å². The molecule has 39 heavy (non-hydrogen) atoms. The highest BCUT2D eigenvalue weighted by atomic mass is 32.2. The van der Waals surface area contributed by atoms with E-state index in [9.17, 15) is 0 Å². The van der Waals surface area contributed by atoms with Gasteiger partial charge in [-0.15, -0.1) is 0 Å². The van der Waals surface area contributed by atoms with Crippen molar-refractivity contribution in [2.75, 3.05) is 0 Å². The zero-order valence-electron chi connectivity index (χ0n) is 22.0. The highest BCUT2D eigenvalue weighted by Gasteiger charge is 2.52. The second kappa shape index (κ2) is 8.18. The van der Waals surface area contributed by atoms with Gasteiger partial charge in [-0.1, -0.05) is 129 Å². The lowest BCUT2D eigenvalue weighted by Crippen LogP contribution is -2.43. The number of benzene rings is 5. The quantitative estimate of drug-likeness (QED) is 0.215. The molecule has 2 heteroatoms. The first kappa shape index (κ1) is 22.8. The van der Waals surface area contributed by atoms with Crippen LogP contribution in [-0.2, 0) is 10.8 Å². The van der Waals surface area contributed by atoms with Crippen molar-refractivity contribution in [3.05, 3.63) is 161 Å². The summed E-state index contributed by atoms with van der Waals surface area (Å²) in [6, 6.07) is 46.8. The summed E-state index contributed by atoms with van der Waals surface area (Å²) in [4.78, 5) is 7.84. The summed E-state index contributed by atoms with van der Waals surface area (Å²) in [6.45, 7) is 4.77. The van der Waals surface area contributed by atoms with Crippen molar-refractivity contribution in [2.45, 2.75) is 34.5 Å². The smallest absolute Gasteiger partial charge is 0.0729 e. The van der Waals surface area contributed by atoms with E-state index in [0.29, 0.717) is 0 Å². The molecule has 1 aliphatic heterocycles. The van der Waals surface area contributed by atoms with Gasteiger partial charge in [-0.05, 0) is 57.6 Å². The summed E-state index contributed by atoms with van der Waals surface area (Å²) < 4.78 is 0. The van der Waals surface area contributed by atoms with E-state index < -0.39 is 5.41 Å². The summed E-state index contributed by atoms with van der Waals surface area (Å²) in [6.07, 6.45) is 0. The first-order valence-electron chi connectivity index (χ1n) is 13.6. The van der Waals surface area contributed by atoms with Gasteiger partial charge >= 0.3 is 0 Å². The molecule has 1 aromatic heterocycles. The van der Waals surface area contributed by atoms with Gasteiger partial charge < -0.3 is 0 Å². The summed E-state index contributed by atoms with van der Waals surface area (Å²) >= 11 is 1.89. The summed E-state index contributed by atoms with van der Waals surface area (Å²) in [7, 11) is 0. The fourth-order valence-corrected chi connectivity index (χ4v) is 8.37. The number of nitrogens with zero attached hydrogens (tertiary/aromatic N) is 1. The minimum Gasteiger partial charge on any atom is -0.248 e. The van der Waals surface area contributed by atoms with E-state index in [0.717, 1.165) is 11.2 Å². The molecule has 1 aliphatic carbocycles. The molecule has 0 saturated heterocycles. The van der Waals surface area contributed by atoms with Gasteiger partial charge in [0, 0.05) is 26.2 Å². The second-order valence-electron chi connectivity index (χ2n) is 11.1. The van der Waals surface area contributed by atoms with Crippen LogP contribution in [0.25, 0.3) is 22.2 Å². The Bertz CT molecular complexity index is 1890. The van der Waals surface area contributed by atoms with Crippen LogP contribution < -0.4 is 0 Å². The normalized spacial score (nSPS) is 15.7. The molecule has 0 atom stereocenters. The highest BCUT2D eigenvalue weighted by Crippen LogP contribution is 2.62. The van der Waals surface area contributed by atoms with Crippen LogP contribution in [-0.4, -0.2) is 4.98 Å². The Hall–Kier alpha value is -4.14. The van der Waals surface area contributed by atoms with Gasteiger partial charge in [-0.2, -0.15) is 0 Å². The molecule has 5 aromatic carbocycles. The van der Waals surface area contributed by atoms with Crippen LogP contribution in [0.4, 0.5) is 0 Å². The molecule has 6 aromatic rings. The Labute approximate surface area is 233 Å². The maximum atomic E-state index is 5.19. The Balaban J connectivity index is 1.55. The van der Waals surface area contributed by atoms with Crippen LogP contribution in [0.15, 0.2) is 137 Å². The average Bonchev–Trinajstić information content (AvgIpc) is 2.99. The molecule has 2 heterocycles. The molecular weight excluding hydrogens is 490 g/mol. The maximum absolute atomic E-state index is 5.19. The van der Waals surface area contributed by atoms with Crippen LogP contribution in [0.3, 0.4) is 0 Å². The van der Waals surface area contributed by atoms with E-state index in [-0.39, 0.29) is 5.41 Å². The topological polar surface area (TPSA) is 12.9 Å². The van der Waals surface area contributed by atoms with Crippen molar-refractivity contribution in [1.82, 2.24) is 4.98 Å². The third kappa shape index (κ3) is 3.01. The Morgan fingerprint density at radius 1 is 0.513 bits per heavy atom. The van der Waals surface area contributed by atoms with Gasteiger partial charge in [0.05, 0.1) is 16.6 Å². The molecule has 186 valence electrons. The molecule has 1 nitrogen and oxygen atoms in total. The van der Waals surface area contributed by atoms with Crippen LogP contribution in [0.5, 0.6) is 0 Å². The van der Waals surface area contributed by atoms with Gasteiger partial charge in [-0.3, -0.25) is 0 Å². The van der Waals surface area contributed by atoms with Gasteiger partial charge in [-0.25, -0.2) is 4.98 Å². The molecule has 0 saturated carbocycles. The number of hydrogen-bond acceptors (Lipinski definition) is 2. The summed E-state index contributed by atoms with van der Waals surface area (Å²) in [5.74, 6) is 0. The van der Waals surface area contributed by atoms with Gasteiger partial charge in [0.2, 0.25) is 0 Å². The number of hydrogen-bond donors (Lipinski definition) is 0. The molecule has 2 aliphatic rings. The van der Waals surface area contributed by atoms with Crippen molar-refractivity contribution >= 4 is 22.7 Å². The molecule has 0 fully saturated rings. The predicted molar refractivity (Wildman–Crippen MR) is 162 cm³/mol. The first-order chi connectivity index (χ1) is 19.1. The minimum atomic E-state index is -0.410. The highest BCUT2D eigenvalue weighted by molar-refractivity contribution is 7.99. The van der Waals surface area contributed by atoms with Crippen molar-refractivity contribution in [2.24, 2.45) is 0 Å². The Morgan fingerprint density at radius 2 is 1.10 bits per heavy atom. The minimum absolute atomic E-state index is 0.213. The lowest BCUT2D eigenvalue weighted by Gasteiger charge is -2.50. The van der Waals surface area contributed by atoms with E-state index in [4.69, 9.17) is 4.98 Å². The van der Waals surface area contributed by atoms with Crippen LogP contribution >= 0.6 is 11.8 Å². The average molecular weight is 518 g/mol. The Morgan fingerprint density at radius 3 is 1.85 bits per heavy atom. The lowest BCUT2D eigenvalue weighted by atomic mass is 9.53. The summed E-state index contributed by atoms with van der Waals surface area (Å²) in [5, 5.41) is 1.17. The van der Waals surface area contributed by atoms with Crippen molar-refractivity contribution < 1.29 is 0 Å². The van der Waals surface area contributed by atoms with Crippen LogP contribution in [0, 0.1) is 0 Å². The monoisotopic (exact) mass is 517 g/mol. The molecule has 0 bridgehead atoms. The number of rotatable bonds is 1.